The van der Waals surface area contributed by atoms with Crippen LogP contribution in [0.4, 0.5) is 0 Å². The first-order valence-electron chi connectivity index (χ1n) is 7.10. The van der Waals surface area contributed by atoms with Gasteiger partial charge in [0.2, 0.25) is 5.91 Å². The minimum Gasteiger partial charge on any atom is -0.497 e. The number of carbonyl (C=O) groups excluding carboxylic acids is 1. The number of amides is 1. The third-order valence-electron chi connectivity index (χ3n) is 3.37. The summed E-state index contributed by atoms with van der Waals surface area (Å²) in [7, 11) is 3.29. The molecule has 0 spiro atoms. The molecule has 0 fully saturated rings. The minimum absolute atomic E-state index is 0. The molecule has 0 aliphatic rings. The fraction of sp³-hybridized carbons (Fsp3) is 0.562. The third kappa shape index (κ3) is 7.11. The van der Waals surface area contributed by atoms with Crippen LogP contribution < -0.4 is 15.4 Å². The highest BCUT2D eigenvalue weighted by Gasteiger charge is 2.21. The number of benzene rings is 1. The second-order valence-corrected chi connectivity index (χ2v) is 5.56. The van der Waals surface area contributed by atoms with Crippen molar-refractivity contribution >= 4 is 18.3 Å². The van der Waals surface area contributed by atoms with Crippen molar-refractivity contribution in [1.29, 1.82) is 0 Å². The summed E-state index contributed by atoms with van der Waals surface area (Å²) < 4.78 is 10.1. The van der Waals surface area contributed by atoms with Crippen molar-refractivity contribution < 1.29 is 14.3 Å². The lowest BCUT2D eigenvalue weighted by Gasteiger charge is -2.26. The van der Waals surface area contributed by atoms with Gasteiger partial charge in [-0.25, -0.2) is 0 Å². The molecule has 0 heterocycles. The predicted molar refractivity (Wildman–Crippen MR) is 91.0 cm³/mol. The summed E-state index contributed by atoms with van der Waals surface area (Å²) in [6, 6.07) is 7.93. The maximum Gasteiger partial charge on any atom is 0.233 e. The molecule has 0 aliphatic carbocycles. The normalized spacial score (nSPS) is 10.7. The average Bonchev–Trinajstić information content (AvgIpc) is 2.50. The molecular weight excluding hydrogens is 304 g/mol. The molecule has 0 radical (unpaired) electrons. The van der Waals surface area contributed by atoms with Crippen LogP contribution in [0.15, 0.2) is 24.3 Å². The Labute approximate surface area is 139 Å². The lowest BCUT2D eigenvalue weighted by molar-refractivity contribution is -0.120. The number of rotatable bonds is 9. The zero-order valence-corrected chi connectivity index (χ0v) is 14.6. The van der Waals surface area contributed by atoms with Crippen LogP contribution in [0.2, 0.25) is 0 Å². The Balaban J connectivity index is 0.00000441. The highest BCUT2D eigenvalue weighted by Crippen LogP contribution is 2.24. The van der Waals surface area contributed by atoms with Gasteiger partial charge in [-0.3, -0.25) is 4.79 Å². The van der Waals surface area contributed by atoms with Crippen molar-refractivity contribution in [1.82, 2.24) is 10.6 Å². The topological polar surface area (TPSA) is 59.6 Å². The van der Waals surface area contributed by atoms with Gasteiger partial charge in [0.15, 0.2) is 0 Å². The number of hydrogen-bond acceptors (Lipinski definition) is 4. The molecule has 0 bridgehead atoms. The molecule has 6 heteroatoms. The number of ether oxygens (including phenoxy) is 2. The number of carbonyl (C=O) groups is 1. The van der Waals surface area contributed by atoms with Gasteiger partial charge in [-0.15, -0.1) is 12.4 Å². The molecule has 0 aliphatic heterocycles. The quantitative estimate of drug-likeness (QED) is 0.677. The van der Waals surface area contributed by atoms with Crippen LogP contribution >= 0.6 is 12.4 Å². The van der Waals surface area contributed by atoms with Gasteiger partial charge in [-0.05, 0) is 17.7 Å². The molecule has 1 aromatic carbocycles. The zero-order valence-electron chi connectivity index (χ0n) is 13.8. The fourth-order valence-corrected chi connectivity index (χ4v) is 1.90. The highest BCUT2D eigenvalue weighted by atomic mass is 35.5. The van der Waals surface area contributed by atoms with Crippen molar-refractivity contribution in [2.24, 2.45) is 0 Å². The van der Waals surface area contributed by atoms with E-state index in [-0.39, 0.29) is 23.7 Å². The van der Waals surface area contributed by atoms with Crippen molar-refractivity contribution in [2.45, 2.75) is 19.3 Å². The summed E-state index contributed by atoms with van der Waals surface area (Å²) in [6.45, 7) is 6.38. The van der Waals surface area contributed by atoms with Crippen molar-refractivity contribution in [2.75, 3.05) is 40.5 Å². The summed E-state index contributed by atoms with van der Waals surface area (Å²) in [5.41, 5.74) is 1.03. The summed E-state index contributed by atoms with van der Waals surface area (Å²) in [5, 5.41) is 5.98. The van der Waals surface area contributed by atoms with E-state index in [0.717, 1.165) is 11.3 Å². The molecule has 5 nitrogen and oxygen atoms in total. The number of halogens is 1. The summed E-state index contributed by atoms with van der Waals surface area (Å²) in [5.74, 6) is 0.827. The molecule has 0 aromatic heterocycles. The molecule has 0 saturated carbocycles. The van der Waals surface area contributed by atoms with Crippen molar-refractivity contribution in [3.05, 3.63) is 29.8 Å². The van der Waals surface area contributed by atoms with E-state index in [1.54, 1.807) is 14.2 Å². The molecule has 126 valence electrons. The van der Waals surface area contributed by atoms with Gasteiger partial charge in [0.05, 0.1) is 20.3 Å². The van der Waals surface area contributed by atoms with Gasteiger partial charge >= 0.3 is 0 Å². The maximum atomic E-state index is 11.8. The molecule has 2 N–H and O–H groups in total. The van der Waals surface area contributed by atoms with E-state index in [4.69, 9.17) is 9.47 Å². The Bertz CT molecular complexity index is 436. The van der Waals surface area contributed by atoms with E-state index in [9.17, 15) is 4.79 Å². The second kappa shape index (κ2) is 10.4. The van der Waals surface area contributed by atoms with Crippen LogP contribution in [0, 0.1) is 0 Å². The molecule has 1 rings (SSSR count). The molecule has 0 atom stereocenters. The number of nitrogens with one attached hydrogen (secondary N) is 2. The summed E-state index contributed by atoms with van der Waals surface area (Å²) >= 11 is 0. The van der Waals surface area contributed by atoms with Gasteiger partial charge in [0.1, 0.15) is 5.75 Å². The van der Waals surface area contributed by atoms with Gasteiger partial charge in [-0.2, -0.15) is 0 Å². The average molecular weight is 331 g/mol. The van der Waals surface area contributed by atoms with Crippen LogP contribution in [-0.2, 0) is 14.9 Å². The zero-order chi connectivity index (χ0) is 15.7. The Morgan fingerprint density at radius 3 is 2.36 bits per heavy atom. The van der Waals surface area contributed by atoms with Gasteiger partial charge < -0.3 is 20.1 Å². The monoisotopic (exact) mass is 330 g/mol. The lowest BCUT2D eigenvalue weighted by Crippen LogP contribution is -2.41. The first kappa shape index (κ1) is 20.7. The van der Waals surface area contributed by atoms with E-state index in [1.807, 2.05) is 24.3 Å². The molecule has 0 unspecified atom stereocenters. The predicted octanol–water partition coefficient (Wildman–Crippen LogP) is 1.75. The van der Waals surface area contributed by atoms with E-state index < -0.39 is 0 Å². The molecule has 1 aromatic rings. The fourth-order valence-electron chi connectivity index (χ4n) is 1.90. The Hall–Kier alpha value is -1.30. The van der Waals surface area contributed by atoms with Crippen LogP contribution in [-0.4, -0.2) is 46.4 Å². The van der Waals surface area contributed by atoms with E-state index in [1.165, 1.54) is 0 Å². The van der Waals surface area contributed by atoms with E-state index in [2.05, 4.69) is 24.5 Å². The Morgan fingerprint density at radius 2 is 1.82 bits per heavy atom. The van der Waals surface area contributed by atoms with Crippen LogP contribution in [0.3, 0.4) is 0 Å². The first-order chi connectivity index (χ1) is 9.99. The van der Waals surface area contributed by atoms with Gasteiger partial charge in [0, 0.05) is 25.6 Å². The number of hydrogen-bond donors (Lipinski definition) is 2. The van der Waals surface area contributed by atoms with Gasteiger partial charge in [0.25, 0.3) is 0 Å². The molecule has 1 amide bonds. The SMILES string of the molecule is COCCNCC(=O)NCC(C)(C)c1ccc(OC)cc1.Cl. The molecular formula is C16H27ClN2O3. The minimum atomic E-state index is -0.130. The number of methoxy groups -OCH3 is 2. The smallest absolute Gasteiger partial charge is 0.233 e. The van der Waals surface area contributed by atoms with Gasteiger partial charge in [-0.1, -0.05) is 26.0 Å². The maximum absolute atomic E-state index is 11.8. The van der Waals surface area contributed by atoms with E-state index >= 15 is 0 Å². The van der Waals surface area contributed by atoms with Crippen LogP contribution in [0.25, 0.3) is 0 Å². The lowest BCUT2D eigenvalue weighted by atomic mass is 9.84. The van der Waals surface area contributed by atoms with Crippen molar-refractivity contribution in [3.63, 3.8) is 0 Å². The largest absolute Gasteiger partial charge is 0.497 e. The second-order valence-electron chi connectivity index (χ2n) is 5.56. The highest BCUT2D eigenvalue weighted by molar-refractivity contribution is 5.85. The van der Waals surface area contributed by atoms with Crippen LogP contribution in [0.5, 0.6) is 5.75 Å². The van der Waals surface area contributed by atoms with Crippen LogP contribution in [0.1, 0.15) is 19.4 Å². The Morgan fingerprint density at radius 1 is 1.18 bits per heavy atom. The summed E-state index contributed by atoms with van der Waals surface area (Å²) in [6.07, 6.45) is 0. The molecule has 0 saturated heterocycles. The molecule has 22 heavy (non-hydrogen) atoms. The third-order valence-corrected chi connectivity index (χ3v) is 3.37. The Kier molecular flexibility index (Phi) is 9.81. The van der Waals surface area contributed by atoms with Crippen molar-refractivity contribution in [3.8, 4) is 5.75 Å². The first-order valence-corrected chi connectivity index (χ1v) is 7.10. The standard InChI is InChI=1S/C16H26N2O3.ClH/c1-16(2,13-5-7-14(21-4)8-6-13)12-18-15(19)11-17-9-10-20-3;/h5-8,17H,9-12H2,1-4H3,(H,18,19);1H. The van der Waals surface area contributed by atoms with E-state index in [0.29, 0.717) is 26.2 Å². The summed E-state index contributed by atoms with van der Waals surface area (Å²) in [4.78, 5) is 11.8.